The molecule has 1 unspecified atom stereocenters. The lowest BCUT2D eigenvalue weighted by molar-refractivity contribution is -0.388. The van der Waals surface area contributed by atoms with Crippen molar-refractivity contribution in [1.29, 1.82) is 0 Å². The van der Waals surface area contributed by atoms with Crippen LogP contribution >= 0.6 is 11.8 Å². The van der Waals surface area contributed by atoms with Gasteiger partial charge in [0, 0.05) is 69.0 Å². The van der Waals surface area contributed by atoms with Crippen molar-refractivity contribution in [3.05, 3.63) is 0 Å². The summed E-state index contributed by atoms with van der Waals surface area (Å²) in [6.45, 7) is 0.206. The van der Waals surface area contributed by atoms with Gasteiger partial charge in [0.2, 0.25) is 5.91 Å². The zero-order valence-electron chi connectivity index (χ0n) is 75.0. The highest BCUT2D eigenvalue weighted by molar-refractivity contribution is 8.13. The number of thioether (sulfide) groups is 1. The largest absolute Gasteiger partial charge is 0.467 e. The number of carbonyl (C=O) groups excluding carboxylic acids is 4. The molecule has 5 aliphatic heterocycles. The lowest BCUT2D eigenvalue weighted by atomic mass is 9.94. The van der Waals surface area contributed by atoms with Crippen LogP contribution in [0.15, 0.2) is 0 Å². The number of hydrogen-bond acceptors (Lipinski definition) is 59. The van der Waals surface area contributed by atoms with E-state index in [0.717, 1.165) is 56.9 Å². The Morgan fingerprint density at radius 2 is 0.571 bits per heavy atom. The second-order valence-electron chi connectivity index (χ2n) is 26.7. The molecule has 5 aliphatic rings. The van der Waals surface area contributed by atoms with Gasteiger partial charge in [-0.25, -0.2) is 38.9 Å². The Bertz CT molecular complexity index is 4260. The topological polar surface area (TPSA) is 688 Å². The summed E-state index contributed by atoms with van der Waals surface area (Å²) in [7, 11) is -23.9. The third kappa shape index (κ3) is 38.7. The molecule has 5 rings (SSSR count). The Balaban J connectivity index is 1.43. The highest BCUT2D eigenvalue weighted by Crippen LogP contribution is 2.42. The van der Waals surface area contributed by atoms with Crippen LogP contribution in [0.25, 0.3) is 0 Å². The Labute approximate surface area is 774 Å². The van der Waals surface area contributed by atoms with Gasteiger partial charge in [0.05, 0.1) is 176 Å². The van der Waals surface area contributed by atoms with Crippen molar-refractivity contribution in [3.63, 3.8) is 0 Å². The van der Waals surface area contributed by atoms with Crippen molar-refractivity contribution < 1.29 is 260 Å². The number of hydrogen-bond donors (Lipinski definition) is 1. The van der Waals surface area contributed by atoms with E-state index in [1.54, 1.807) is 0 Å². The number of nitrogens with one attached hydrogen (secondary N) is 1. The fraction of sp³-hybridized carbons (Fsp3) is 0.939. The van der Waals surface area contributed by atoms with Crippen molar-refractivity contribution in [2.45, 2.75) is 160 Å². The van der Waals surface area contributed by atoms with Crippen LogP contribution in [0.4, 0.5) is 0 Å². The van der Waals surface area contributed by atoms with Crippen LogP contribution in [0.5, 0.6) is 0 Å². The average Bonchev–Trinajstić information content (AvgIpc) is 0.751. The predicted molar refractivity (Wildman–Crippen MR) is 429 cm³/mol. The van der Waals surface area contributed by atoms with E-state index in [2.05, 4.69) is 34.6 Å². The lowest BCUT2D eigenvalue weighted by Gasteiger charge is -2.51. The minimum atomic E-state index is -5.64. The molecule has 782 valence electrons. The van der Waals surface area contributed by atoms with E-state index in [1.165, 1.54) is 32.9 Å². The lowest BCUT2D eigenvalue weighted by Crippen LogP contribution is -2.70. The molecule has 59 nitrogen and oxygen atoms in total. The molecule has 25 atom stereocenters. The van der Waals surface area contributed by atoms with Gasteiger partial charge in [0.25, 0.3) is 0 Å². The molecule has 5 heterocycles. The van der Waals surface area contributed by atoms with E-state index in [-0.39, 0.29) is 83.6 Å². The van der Waals surface area contributed by atoms with Gasteiger partial charge in [-0.15, -0.1) is 0 Å². The standard InChI is InChI=1S/C66H117NO58S8/c1-38(68)126-33-32-107-27-26-104-22-23-105-28-29-108-37-42(69)67-18-19-102-20-21-103-24-25-106-30-31-109-43-39(34-110-127(72,73)95-11)114-63(55(89-5)46(43)86-2)118-49-47(87-3)56(90-6)65(120-53(49)60(70)92-8)117-45-41(36-112-129(76,77)97-13)115-66(59(125-133(84,85)101-17)52(45)123-131(80,81)99-15)119-50-48(88-4)57(91-7)64(121-54(50)61(71)93-9)116-44-40(35-111-128(74,75)96-12)113-62(94-10)58(124-132(82,83)100-16)51(44)122-130(78,79)98-14/h39-41,43-59,62-66H,18-37H2,1-17H3,(H,67,69)/t39-,40-,41-,43-,44-,45?,46+,47+,48+,49+,50+,51+,52+,53+,54-,55-,56-,57-,58-,59-,62+,63-,64-,65-,66-/m1/s1. The summed E-state index contributed by atoms with van der Waals surface area (Å²) < 4.78 is 405. The highest BCUT2D eigenvalue weighted by Gasteiger charge is 2.63. The Morgan fingerprint density at radius 3 is 0.910 bits per heavy atom. The number of amides is 1. The summed E-state index contributed by atoms with van der Waals surface area (Å²) >= 11 is 1.18. The van der Waals surface area contributed by atoms with E-state index in [0.29, 0.717) is 81.4 Å². The van der Waals surface area contributed by atoms with Crippen LogP contribution in [0, 0.1) is 0 Å². The molecule has 1 N–H and O–H groups in total. The molecule has 0 bridgehead atoms. The normalized spacial score (nSPS) is 30.0. The third-order valence-corrected chi connectivity index (χ3v) is 25.6. The number of methoxy groups -OCH3 is 9. The van der Waals surface area contributed by atoms with Gasteiger partial charge in [0.1, 0.15) is 104 Å². The number of esters is 2. The smallest absolute Gasteiger partial charge is 0.400 e. The first-order chi connectivity index (χ1) is 63.0. The van der Waals surface area contributed by atoms with Gasteiger partial charge in [-0.1, -0.05) is 11.8 Å². The summed E-state index contributed by atoms with van der Waals surface area (Å²) in [5, 5.41) is 2.68. The molecule has 0 aliphatic carbocycles. The van der Waals surface area contributed by atoms with Crippen LogP contribution in [0.2, 0.25) is 0 Å². The van der Waals surface area contributed by atoms with Crippen LogP contribution in [0.3, 0.4) is 0 Å². The van der Waals surface area contributed by atoms with E-state index in [4.69, 9.17) is 152 Å². The Kier molecular flexibility index (Phi) is 53.7. The first-order valence-corrected chi connectivity index (χ1v) is 49.4. The SMILES string of the molecule is COC(=O)[C@H]1O[C@@H](OC2[C@@H](COS(=O)(=O)OC)O[C@H](O[C@H]3[C@H](OC)[C@@H](OC)[C@H](O[C@H]4[C@H](OS(=O)(=O)OC)[C@@H](OS(=O)(=O)OC)[C@@H](OC)O[C@@H]4COS(=O)(=O)OC)O[C@H]3C(=O)OC)[C@H](OS(=O)(=O)OC)[C@H]2OS(=O)(=O)OC)[C@H](OC)[C@@H](OC)[C@@H]1O[C@H]1O[C@H](COS(=O)(=O)OC)[C@@H](OCCOCCOCCOCCNC(=O)COCCOCCOCCOCCSC(C)=O)[C@H](OC)[C@H]1OC. The zero-order chi connectivity index (χ0) is 99.1. The van der Waals surface area contributed by atoms with Gasteiger partial charge in [-0.3, -0.25) is 38.9 Å². The minimum Gasteiger partial charge on any atom is -0.467 e. The maximum absolute atomic E-state index is 14.4. The van der Waals surface area contributed by atoms with Gasteiger partial charge in [-0.2, -0.15) is 58.9 Å². The summed E-state index contributed by atoms with van der Waals surface area (Å²) in [5.74, 6) is -2.71. The van der Waals surface area contributed by atoms with Crippen molar-refractivity contribution in [3.8, 4) is 0 Å². The minimum absolute atomic E-state index is 0.0244. The molecule has 0 radical (unpaired) electrons. The molecule has 5 fully saturated rings. The molecule has 0 aromatic rings. The second kappa shape index (κ2) is 59.5. The summed E-state index contributed by atoms with van der Waals surface area (Å²) in [6, 6.07) is 0. The fourth-order valence-electron chi connectivity index (χ4n) is 12.8. The molecular weight excluding hydrogens is 1990 g/mol. The van der Waals surface area contributed by atoms with Crippen molar-refractivity contribution in [1.82, 2.24) is 5.32 Å². The van der Waals surface area contributed by atoms with Crippen LogP contribution < -0.4 is 5.32 Å². The third-order valence-electron chi connectivity index (χ3n) is 18.9. The van der Waals surface area contributed by atoms with Gasteiger partial charge in [-0.05, 0) is 0 Å². The predicted octanol–water partition coefficient (Wildman–Crippen LogP) is -7.04. The Hall–Kier alpha value is -3.44. The van der Waals surface area contributed by atoms with Crippen molar-refractivity contribution in [2.75, 3.05) is 245 Å². The fourth-order valence-corrected chi connectivity index (χ4v) is 16.7. The first-order valence-electron chi connectivity index (χ1n) is 39.1. The number of rotatable bonds is 68. The maximum atomic E-state index is 14.4. The second-order valence-corrected chi connectivity index (χ2v) is 37.5. The monoisotopic (exact) mass is 2110 g/mol. The molecular formula is C66H117NO58S8. The summed E-state index contributed by atoms with van der Waals surface area (Å²) in [6.07, 6.45) is -54.2. The molecule has 0 saturated carbocycles. The molecule has 1 amide bonds. The van der Waals surface area contributed by atoms with Gasteiger partial charge >= 0.3 is 84.7 Å². The van der Waals surface area contributed by atoms with E-state index in [9.17, 15) is 78.1 Å². The Morgan fingerprint density at radius 1 is 0.286 bits per heavy atom. The van der Waals surface area contributed by atoms with E-state index < -0.39 is 258 Å². The summed E-state index contributed by atoms with van der Waals surface area (Å²) in [5.41, 5.74) is 0. The van der Waals surface area contributed by atoms with Crippen LogP contribution in [-0.4, -0.2) is 480 Å². The molecule has 0 aromatic heterocycles. The molecule has 133 heavy (non-hydrogen) atoms. The molecule has 0 spiro atoms. The average molecular weight is 2110 g/mol. The quantitative estimate of drug-likeness (QED) is 0.0437. The molecule has 0 aromatic carbocycles. The summed E-state index contributed by atoms with van der Waals surface area (Å²) in [4.78, 5) is 52.0. The van der Waals surface area contributed by atoms with Crippen LogP contribution in [-0.2, 0) is 274 Å². The van der Waals surface area contributed by atoms with Crippen molar-refractivity contribution >= 4 is 108 Å². The number of carbonyl (C=O) groups is 4. The van der Waals surface area contributed by atoms with Gasteiger partial charge in [0.15, 0.2) is 61.0 Å². The van der Waals surface area contributed by atoms with Crippen LogP contribution in [0.1, 0.15) is 6.92 Å². The van der Waals surface area contributed by atoms with E-state index >= 15 is 0 Å². The molecule has 67 heteroatoms. The van der Waals surface area contributed by atoms with Gasteiger partial charge < -0.3 is 128 Å². The maximum Gasteiger partial charge on any atom is 0.400 e. The van der Waals surface area contributed by atoms with Crippen molar-refractivity contribution in [2.24, 2.45) is 0 Å². The first kappa shape index (κ1) is 120. The highest BCUT2D eigenvalue weighted by atomic mass is 32.3. The number of ether oxygens (including phenoxy) is 26. The van der Waals surface area contributed by atoms with E-state index in [1.807, 2.05) is 0 Å². The zero-order valence-corrected chi connectivity index (χ0v) is 81.6. The molecule has 5 saturated heterocycles.